The second-order valence-corrected chi connectivity index (χ2v) is 8.14. The molecule has 170 valence electrons. The first-order valence-electron chi connectivity index (χ1n) is 10.7. The zero-order valence-electron chi connectivity index (χ0n) is 18.6. The average molecular weight is 424 g/mol. The van der Waals surface area contributed by atoms with Crippen LogP contribution in [0.1, 0.15) is 59.3 Å². The first-order valence-corrected chi connectivity index (χ1v) is 10.7. The molecule has 0 aliphatic carbocycles. The Morgan fingerprint density at radius 1 is 0.900 bits per heavy atom. The van der Waals surface area contributed by atoms with Gasteiger partial charge in [0.25, 0.3) is 0 Å². The van der Waals surface area contributed by atoms with Crippen molar-refractivity contribution in [3.63, 3.8) is 0 Å². The molecule has 2 saturated heterocycles. The number of nitrogens with zero attached hydrogens (tertiary/aromatic N) is 1. The molecule has 1 aromatic carbocycles. The highest BCUT2D eigenvalue weighted by atomic mass is 16.6. The quantitative estimate of drug-likeness (QED) is 0.745. The minimum Gasteiger partial charge on any atom is -0.480 e. The summed E-state index contributed by atoms with van der Waals surface area (Å²) in [6, 6.07) is 8.57. The van der Waals surface area contributed by atoms with Gasteiger partial charge in [0, 0.05) is 32.1 Å². The normalized spacial score (nSPS) is 16.1. The molecule has 2 heterocycles. The number of amides is 1. The Bertz CT molecular complexity index is 556. The lowest BCUT2D eigenvalue weighted by atomic mass is 10.2. The molecule has 0 aromatic heterocycles. The van der Waals surface area contributed by atoms with E-state index in [0.29, 0.717) is 5.69 Å². The van der Waals surface area contributed by atoms with Gasteiger partial charge in [-0.05, 0) is 71.4 Å². The van der Waals surface area contributed by atoms with E-state index in [4.69, 9.17) is 19.3 Å². The van der Waals surface area contributed by atoms with E-state index < -0.39 is 24.2 Å². The highest BCUT2D eigenvalue weighted by Crippen LogP contribution is 2.17. The summed E-state index contributed by atoms with van der Waals surface area (Å²) >= 11 is 0. The molecule has 1 amide bonds. The monoisotopic (exact) mass is 423 g/mol. The van der Waals surface area contributed by atoms with Gasteiger partial charge in [-0.25, -0.2) is 4.79 Å². The van der Waals surface area contributed by atoms with Crippen LogP contribution in [0.4, 0.5) is 10.5 Å². The highest BCUT2D eigenvalue weighted by Gasteiger charge is 2.24. The molecular weight excluding hydrogens is 386 g/mol. The average Bonchev–Trinajstić information content (AvgIpc) is 2.75. The molecule has 0 atom stereocenters. The number of rotatable bonds is 3. The van der Waals surface area contributed by atoms with Gasteiger partial charge in [-0.15, -0.1) is 0 Å². The SMILES string of the molecule is C1CCOCC1.C1CCOCC1.CC(C)(C)OC(=O)N(CC(=O)O)c1ccccc1. The fourth-order valence-corrected chi connectivity index (χ4v) is 2.70. The molecule has 30 heavy (non-hydrogen) atoms. The maximum Gasteiger partial charge on any atom is 0.415 e. The van der Waals surface area contributed by atoms with E-state index in [9.17, 15) is 9.59 Å². The lowest BCUT2D eigenvalue weighted by Crippen LogP contribution is -2.39. The second kappa shape index (κ2) is 14.8. The predicted molar refractivity (Wildman–Crippen MR) is 117 cm³/mol. The Hall–Kier alpha value is -2.12. The van der Waals surface area contributed by atoms with Gasteiger partial charge in [0.1, 0.15) is 12.1 Å². The van der Waals surface area contributed by atoms with E-state index in [-0.39, 0.29) is 0 Å². The number of benzene rings is 1. The summed E-state index contributed by atoms with van der Waals surface area (Å²) in [5.41, 5.74) is -0.169. The molecule has 2 aliphatic rings. The number of carboxylic acids is 1. The van der Waals surface area contributed by atoms with Crippen molar-refractivity contribution in [1.82, 2.24) is 0 Å². The summed E-state index contributed by atoms with van der Waals surface area (Å²) in [7, 11) is 0. The Kier molecular flexibility index (Phi) is 12.8. The van der Waals surface area contributed by atoms with Gasteiger partial charge in [-0.1, -0.05) is 18.2 Å². The Labute approximate surface area is 180 Å². The lowest BCUT2D eigenvalue weighted by molar-refractivity contribution is -0.135. The summed E-state index contributed by atoms with van der Waals surface area (Å²) < 4.78 is 15.3. The Morgan fingerprint density at radius 2 is 1.37 bits per heavy atom. The maximum atomic E-state index is 11.9. The largest absolute Gasteiger partial charge is 0.480 e. The number of carbonyl (C=O) groups excluding carboxylic acids is 1. The summed E-state index contributed by atoms with van der Waals surface area (Å²) in [5, 5.41) is 8.84. The third kappa shape index (κ3) is 13.2. The van der Waals surface area contributed by atoms with Gasteiger partial charge in [-0.2, -0.15) is 0 Å². The van der Waals surface area contributed by atoms with Crippen molar-refractivity contribution in [2.45, 2.75) is 64.9 Å². The first kappa shape index (κ1) is 25.9. The minimum absolute atomic E-state index is 0.432. The molecule has 2 aliphatic heterocycles. The van der Waals surface area contributed by atoms with Crippen LogP contribution in [-0.2, 0) is 19.0 Å². The summed E-state index contributed by atoms with van der Waals surface area (Å²) in [5.74, 6) is -1.09. The molecule has 0 unspecified atom stereocenters. The van der Waals surface area contributed by atoms with Crippen LogP contribution in [0.3, 0.4) is 0 Å². The molecule has 7 nitrogen and oxygen atoms in total. The molecular formula is C23H37NO6. The zero-order chi connectivity index (χ0) is 22.2. The number of hydrogen-bond donors (Lipinski definition) is 1. The number of carbonyl (C=O) groups is 2. The van der Waals surface area contributed by atoms with Gasteiger partial charge >= 0.3 is 12.1 Å². The molecule has 1 aromatic rings. The van der Waals surface area contributed by atoms with Crippen molar-refractivity contribution in [2.75, 3.05) is 37.9 Å². The van der Waals surface area contributed by atoms with E-state index >= 15 is 0 Å². The van der Waals surface area contributed by atoms with Crippen LogP contribution in [0.5, 0.6) is 0 Å². The maximum absolute atomic E-state index is 11.9. The number of ether oxygens (including phenoxy) is 3. The molecule has 2 fully saturated rings. The number of anilines is 1. The van der Waals surface area contributed by atoms with Crippen LogP contribution in [0, 0.1) is 0 Å². The summed E-state index contributed by atoms with van der Waals surface area (Å²) in [6.45, 7) is 8.76. The van der Waals surface area contributed by atoms with Crippen molar-refractivity contribution in [1.29, 1.82) is 0 Å². The third-order valence-corrected chi connectivity index (χ3v) is 4.13. The Morgan fingerprint density at radius 3 is 1.67 bits per heavy atom. The van der Waals surface area contributed by atoms with Gasteiger partial charge in [0.2, 0.25) is 0 Å². The fraction of sp³-hybridized carbons (Fsp3) is 0.652. The standard InChI is InChI=1S/C13H17NO4.2C5H10O/c1-13(2,3)18-12(17)14(9-11(15)16)10-7-5-4-6-8-10;2*1-2-4-6-5-3-1/h4-8H,9H2,1-3H3,(H,15,16);2*1-5H2. The molecule has 7 heteroatoms. The van der Waals surface area contributed by atoms with E-state index in [1.165, 1.54) is 38.5 Å². The second-order valence-electron chi connectivity index (χ2n) is 8.14. The highest BCUT2D eigenvalue weighted by molar-refractivity contribution is 5.93. The van der Waals surface area contributed by atoms with E-state index in [1.54, 1.807) is 51.1 Å². The topological polar surface area (TPSA) is 85.3 Å². The van der Waals surface area contributed by atoms with Gasteiger partial charge < -0.3 is 19.3 Å². The van der Waals surface area contributed by atoms with Gasteiger partial charge in [0.15, 0.2) is 0 Å². The van der Waals surface area contributed by atoms with Crippen LogP contribution in [0.2, 0.25) is 0 Å². The molecule has 0 radical (unpaired) electrons. The van der Waals surface area contributed by atoms with Crippen molar-refractivity contribution in [3.8, 4) is 0 Å². The van der Waals surface area contributed by atoms with Crippen LogP contribution in [0.25, 0.3) is 0 Å². The number of para-hydroxylation sites is 1. The first-order chi connectivity index (χ1) is 14.3. The van der Waals surface area contributed by atoms with Crippen molar-refractivity contribution in [2.24, 2.45) is 0 Å². The molecule has 0 spiro atoms. The lowest BCUT2D eigenvalue weighted by Gasteiger charge is -2.26. The molecule has 0 saturated carbocycles. The number of carboxylic acid groups (broad SMARTS) is 1. The van der Waals surface area contributed by atoms with Crippen LogP contribution in [-0.4, -0.2) is 55.7 Å². The van der Waals surface area contributed by atoms with Crippen molar-refractivity contribution in [3.05, 3.63) is 30.3 Å². The van der Waals surface area contributed by atoms with Crippen LogP contribution in [0.15, 0.2) is 30.3 Å². The third-order valence-electron chi connectivity index (χ3n) is 4.13. The minimum atomic E-state index is -1.09. The van der Waals surface area contributed by atoms with Gasteiger partial charge in [0.05, 0.1) is 0 Å². The smallest absolute Gasteiger partial charge is 0.415 e. The van der Waals surface area contributed by atoms with Crippen LogP contribution >= 0.6 is 0 Å². The molecule has 0 bridgehead atoms. The van der Waals surface area contributed by atoms with Crippen molar-refractivity contribution < 1.29 is 28.9 Å². The number of aliphatic carboxylic acids is 1. The Balaban J connectivity index is 0.000000300. The molecule has 1 N–H and O–H groups in total. The summed E-state index contributed by atoms with van der Waals surface area (Å²) in [4.78, 5) is 23.8. The summed E-state index contributed by atoms with van der Waals surface area (Å²) in [6.07, 6.45) is 7.19. The van der Waals surface area contributed by atoms with E-state index in [0.717, 1.165) is 31.3 Å². The van der Waals surface area contributed by atoms with Gasteiger partial charge in [-0.3, -0.25) is 9.69 Å². The van der Waals surface area contributed by atoms with E-state index in [2.05, 4.69) is 0 Å². The van der Waals surface area contributed by atoms with E-state index in [1.807, 2.05) is 0 Å². The predicted octanol–water partition coefficient (Wildman–Crippen LogP) is 4.89. The number of hydrogen-bond acceptors (Lipinski definition) is 5. The fourth-order valence-electron chi connectivity index (χ4n) is 2.70. The van der Waals surface area contributed by atoms with Crippen LogP contribution < -0.4 is 4.90 Å². The molecule has 3 rings (SSSR count). The zero-order valence-corrected chi connectivity index (χ0v) is 18.6. The van der Waals surface area contributed by atoms with Crippen molar-refractivity contribution >= 4 is 17.7 Å².